The Morgan fingerprint density at radius 3 is 2.00 bits per heavy atom. The van der Waals surface area contributed by atoms with Crippen molar-refractivity contribution in [2.24, 2.45) is 4.99 Å². The van der Waals surface area contributed by atoms with Crippen molar-refractivity contribution in [3.63, 3.8) is 0 Å². The molecule has 0 aromatic carbocycles. The topological polar surface area (TPSA) is 38.7 Å². The largest absolute Gasteiger partial charge is 0.464 e. The zero-order valence-electron chi connectivity index (χ0n) is 12.8. The molecule has 0 saturated carbocycles. The zero-order chi connectivity index (χ0) is 14.2. The Kier molecular flexibility index (Phi) is 14.5. The van der Waals surface area contributed by atoms with Gasteiger partial charge in [0.25, 0.3) is 0 Å². The summed E-state index contributed by atoms with van der Waals surface area (Å²) in [4.78, 5) is 15.0. The van der Waals surface area contributed by atoms with Gasteiger partial charge in [-0.15, -0.1) is 0 Å². The predicted molar refractivity (Wildman–Crippen MR) is 81.8 cm³/mol. The Labute approximate surface area is 118 Å². The van der Waals surface area contributed by atoms with E-state index in [0.717, 1.165) is 6.42 Å². The summed E-state index contributed by atoms with van der Waals surface area (Å²) in [6.45, 7) is 4.76. The number of ether oxygens (including phenoxy) is 1. The SMILES string of the molecule is CC=NCC(=O)OCCCCCCCCCCCC. The number of esters is 1. The van der Waals surface area contributed by atoms with Gasteiger partial charge in [-0.2, -0.15) is 0 Å². The van der Waals surface area contributed by atoms with E-state index >= 15 is 0 Å². The predicted octanol–water partition coefficient (Wildman–Crippen LogP) is 4.54. The van der Waals surface area contributed by atoms with Crippen LogP contribution in [0.1, 0.15) is 78.1 Å². The van der Waals surface area contributed by atoms with Crippen molar-refractivity contribution in [3.8, 4) is 0 Å². The molecule has 19 heavy (non-hydrogen) atoms. The molecule has 0 saturated heterocycles. The highest BCUT2D eigenvalue weighted by molar-refractivity contribution is 5.73. The molecule has 3 nitrogen and oxygen atoms in total. The van der Waals surface area contributed by atoms with Crippen molar-refractivity contribution in [3.05, 3.63) is 0 Å². The second kappa shape index (κ2) is 15.2. The maximum atomic E-state index is 11.1. The van der Waals surface area contributed by atoms with Gasteiger partial charge >= 0.3 is 5.97 Å². The van der Waals surface area contributed by atoms with E-state index in [1.807, 2.05) is 0 Å². The van der Waals surface area contributed by atoms with Gasteiger partial charge in [-0.25, -0.2) is 0 Å². The first-order valence-corrected chi connectivity index (χ1v) is 7.91. The summed E-state index contributed by atoms with van der Waals surface area (Å²) in [6, 6.07) is 0. The molecular formula is C16H31NO2. The van der Waals surface area contributed by atoms with Crippen molar-refractivity contribution in [1.82, 2.24) is 0 Å². The lowest BCUT2D eigenvalue weighted by atomic mass is 10.1. The molecule has 0 radical (unpaired) electrons. The van der Waals surface area contributed by atoms with E-state index in [1.165, 1.54) is 57.8 Å². The van der Waals surface area contributed by atoms with Crippen molar-refractivity contribution in [2.75, 3.05) is 13.2 Å². The number of nitrogens with zero attached hydrogens (tertiary/aromatic N) is 1. The minimum atomic E-state index is -0.214. The fourth-order valence-electron chi connectivity index (χ4n) is 1.99. The Hall–Kier alpha value is -0.860. The molecule has 0 fully saturated rings. The van der Waals surface area contributed by atoms with E-state index in [1.54, 1.807) is 13.1 Å². The molecule has 0 atom stereocenters. The number of carbonyl (C=O) groups is 1. The van der Waals surface area contributed by atoms with Crippen molar-refractivity contribution >= 4 is 12.2 Å². The summed E-state index contributed by atoms with van der Waals surface area (Å²) in [5, 5.41) is 0. The molecule has 0 bridgehead atoms. The van der Waals surface area contributed by atoms with Crippen LogP contribution in [0.3, 0.4) is 0 Å². The first kappa shape index (κ1) is 18.1. The number of aliphatic imine (C=N–C) groups is 1. The van der Waals surface area contributed by atoms with Gasteiger partial charge in [0.05, 0.1) is 6.61 Å². The Morgan fingerprint density at radius 1 is 0.947 bits per heavy atom. The van der Waals surface area contributed by atoms with Crippen LogP contribution in [0.4, 0.5) is 0 Å². The highest BCUT2D eigenvalue weighted by Gasteiger charge is 1.99. The number of hydrogen-bond donors (Lipinski definition) is 0. The van der Waals surface area contributed by atoms with Crippen LogP contribution in [0.15, 0.2) is 4.99 Å². The average molecular weight is 269 g/mol. The smallest absolute Gasteiger partial charge is 0.327 e. The van der Waals surface area contributed by atoms with E-state index in [0.29, 0.717) is 6.61 Å². The number of rotatable bonds is 13. The molecule has 3 heteroatoms. The first-order chi connectivity index (χ1) is 9.31. The van der Waals surface area contributed by atoms with Gasteiger partial charge in [-0.1, -0.05) is 64.7 Å². The quantitative estimate of drug-likeness (QED) is 0.280. The third-order valence-corrected chi connectivity index (χ3v) is 3.16. The normalized spacial score (nSPS) is 11.1. The molecule has 0 aliphatic heterocycles. The molecule has 0 aromatic heterocycles. The Bertz CT molecular complexity index is 227. The van der Waals surface area contributed by atoms with Crippen LogP contribution in [0, 0.1) is 0 Å². The molecule has 0 heterocycles. The fourth-order valence-corrected chi connectivity index (χ4v) is 1.99. The van der Waals surface area contributed by atoms with Crippen LogP contribution in [0.2, 0.25) is 0 Å². The second-order valence-corrected chi connectivity index (χ2v) is 5.00. The van der Waals surface area contributed by atoms with Gasteiger partial charge in [-0.3, -0.25) is 9.79 Å². The molecule has 0 aromatic rings. The first-order valence-electron chi connectivity index (χ1n) is 7.91. The summed E-state index contributed by atoms with van der Waals surface area (Å²) in [5.41, 5.74) is 0. The van der Waals surface area contributed by atoms with Crippen LogP contribution in [0.25, 0.3) is 0 Å². The lowest BCUT2D eigenvalue weighted by molar-refractivity contribution is -0.141. The number of hydrogen-bond acceptors (Lipinski definition) is 3. The van der Waals surface area contributed by atoms with E-state index in [4.69, 9.17) is 4.74 Å². The molecule has 0 amide bonds. The van der Waals surface area contributed by atoms with Crippen LogP contribution in [0.5, 0.6) is 0 Å². The molecule has 0 N–H and O–H groups in total. The highest BCUT2D eigenvalue weighted by atomic mass is 16.5. The Balaban J connectivity index is 3.08. The van der Waals surface area contributed by atoms with Gasteiger partial charge in [0.15, 0.2) is 0 Å². The van der Waals surface area contributed by atoms with Gasteiger partial charge < -0.3 is 4.74 Å². The minimum absolute atomic E-state index is 0.161. The van der Waals surface area contributed by atoms with Crippen LogP contribution >= 0.6 is 0 Å². The standard InChI is InChI=1S/C16H31NO2/c1-3-5-6-7-8-9-10-11-12-13-14-19-16(18)15-17-4-2/h4H,3,5-15H2,1-2H3. The number of carbonyl (C=O) groups excluding carboxylic acids is 1. The monoisotopic (exact) mass is 269 g/mol. The van der Waals surface area contributed by atoms with Gasteiger partial charge in [0.1, 0.15) is 6.54 Å². The fraction of sp³-hybridized carbons (Fsp3) is 0.875. The van der Waals surface area contributed by atoms with Crippen molar-refractivity contribution < 1.29 is 9.53 Å². The molecule has 0 rings (SSSR count). The molecular weight excluding hydrogens is 238 g/mol. The zero-order valence-corrected chi connectivity index (χ0v) is 12.8. The third kappa shape index (κ3) is 15.1. The third-order valence-electron chi connectivity index (χ3n) is 3.16. The minimum Gasteiger partial charge on any atom is -0.464 e. The van der Waals surface area contributed by atoms with Crippen molar-refractivity contribution in [1.29, 1.82) is 0 Å². The van der Waals surface area contributed by atoms with Crippen LogP contribution < -0.4 is 0 Å². The molecule has 0 aliphatic rings. The molecule has 0 unspecified atom stereocenters. The second-order valence-electron chi connectivity index (χ2n) is 5.00. The highest BCUT2D eigenvalue weighted by Crippen LogP contribution is 2.10. The summed E-state index contributed by atoms with van der Waals surface area (Å²) in [5.74, 6) is -0.214. The lowest BCUT2D eigenvalue weighted by Gasteiger charge is -2.03. The lowest BCUT2D eigenvalue weighted by Crippen LogP contribution is -2.09. The van der Waals surface area contributed by atoms with E-state index in [2.05, 4.69) is 11.9 Å². The average Bonchev–Trinajstić information content (AvgIpc) is 2.42. The summed E-state index contributed by atoms with van der Waals surface area (Å²) >= 11 is 0. The van der Waals surface area contributed by atoms with Crippen LogP contribution in [-0.2, 0) is 9.53 Å². The van der Waals surface area contributed by atoms with E-state index in [-0.39, 0.29) is 12.5 Å². The molecule has 112 valence electrons. The summed E-state index contributed by atoms with van der Waals surface area (Å²) < 4.78 is 5.06. The van der Waals surface area contributed by atoms with E-state index < -0.39 is 0 Å². The molecule has 0 aliphatic carbocycles. The van der Waals surface area contributed by atoms with Crippen molar-refractivity contribution in [2.45, 2.75) is 78.1 Å². The Morgan fingerprint density at radius 2 is 1.47 bits per heavy atom. The van der Waals surface area contributed by atoms with Crippen LogP contribution in [-0.4, -0.2) is 25.3 Å². The molecule has 0 spiro atoms. The van der Waals surface area contributed by atoms with E-state index in [9.17, 15) is 4.79 Å². The maximum absolute atomic E-state index is 11.1. The summed E-state index contributed by atoms with van der Waals surface area (Å²) in [6.07, 6.45) is 14.6. The van der Waals surface area contributed by atoms with Gasteiger partial charge in [0, 0.05) is 0 Å². The maximum Gasteiger partial charge on any atom is 0.327 e. The van der Waals surface area contributed by atoms with Gasteiger partial charge in [0.2, 0.25) is 0 Å². The number of unbranched alkanes of at least 4 members (excludes halogenated alkanes) is 9. The summed E-state index contributed by atoms with van der Waals surface area (Å²) in [7, 11) is 0. The van der Waals surface area contributed by atoms with Gasteiger partial charge in [-0.05, 0) is 19.6 Å².